The normalized spacial score (nSPS) is 18.1. The summed E-state index contributed by atoms with van der Waals surface area (Å²) in [5.41, 5.74) is 3.87. The van der Waals surface area contributed by atoms with Gasteiger partial charge in [0.25, 0.3) is 5.91 Å². The molecule has 0 rings (SSSR count). The van der Waals surface area contributed by atoms with Gasteiger partial charge in [-0.1, -0.05) is 0 Å². The molecule has 3 nitrogen and oxygen atoms in total. The molecular formula is C3H3F4NO2. The molecule has 0 bridgehead atoms. The fourth-order valence-electron chi connectivity index (χ4n) is 0.140. The summed E-state index contributed by atoms with van der Waals surface area (Å²) in [7, 11) is 0. The van der Waals surface area contributed by atoms with Crippen molar-refractivity contribution in [3.05, 3.63) is 0 Å². The van der Waals surface area contributed by atoms with Crippen LogP contribution in [0.5, 0.6) is 0 Å². The summed E-state index contributed by atoms with van der Waals surface area (Å²) in [6, 6.07) is 0. The van der Waals surface area contributed by atoms with Crippen LogP contribution in [0.3, 0.4) is 0 Å². The molecule has 0 aromatic rings. The second-order valence-corrected chi connectivity index (χ2v) is 1.48. The van der Waals surface area contributed by atoms with E-state index in [1.165, 1.54) is 0 Å². The van der Waals surface area contributed by atoms with Gasteiger partial charge in [0, 0.05) is 0 Å². The van der Waals surface area contributed by atoms with E-state index in [-0.39, 0.29) is 0 Å². The van der Waals surface area contributed by atoms with Crippen LogP contribution in [-0.4, -0.2) is 23.0 Å². The van der Waals surface area contributed by atoms with Crippen molar-refractivity contribution in [2.45, 2.75) is 12.0 Å². The van der Waals surface area contributed by atoms with Gasteiger partial charge < -0.3 is 10.8 Å². The van der Waals surface area contributed by atoms with Crippen molar-refractivity contribution in [1.29, 1.82) is 0 Å². The van der Waals surface area contributed by atoms with Crippen molar-refractivity contribution in [3.63, 3.8) is 0 Å². The number of hydrogen-bond donors (Lipinski definition) is 2. The van der Waals surface area contributed by atoms with E-state index >= 15 is 0 Å². The number of hydrogen-bond acceptors (Lipinski definition) is 2. The maximum Gasteiger partial charge on any atom is 0.458 e. The van der Waals surface area contributed by atoms with Crippen LogP contribution in [0.25, 0.3) is 0 Å². The summed E-state index contributed by atoms with van der Waals surface area (Å²) < 4.78 is 45.2. The highest BCUT2D eigenvalue weighted by Gasteiger charge is 2.60. The predicted molar refractivity (Wildman–Crippen MR) is 21.3 cm³/mol. The number of nitrogens with two attached hydrogens (primary N) is 1. The van der Waals surface area contributed by atoms with Gasteiger partial charge in [-0.15, -0.1) is 0 Å². The Bertz CT molecular complexity index is 151. The topological polar surface area (TPSA) is 63.3 Å². The maximum absolute atomic E-state index is 11.7. The monoisotopic (exact) mass is 161 g/mol. The van der Waals surface area contributed by atoms with Gasteiger partial charge in [0.05, 0.1) is 0 Å². The molecular weight excluding hydrogens is 158 g/mol. The standard InChI is InChI=1S/C3H3F4NO2/c4-2(10,1(8)9)3(5,6)7/h10H,(H2,8,9). The second-order valence-electron chi connectivity index (χ2n) is 1.48. The lowest BCUT2D eigenvalue weighted by atomic mass is 10.3. The van der Waals surface area contributed by atoms with Crippen molar-refractivity contribution < 1.29 is 27.5 Å². The summed E-state index contributed by atoms with van der Waals surface area (Å²) in [4.78, 5) is 9.54. The van der Waals surface area contributed by atoms with E-state index in [0.717, 1.165) is 0 Å². The summed E-state index contributed by atoms with van der Waals surface area (Å²) >= 11 is 0. The first kappa shape index (κ1) is 9.15. The van der Waals surface area contributed by atoms with Gasteiger partial charge in [-0.2, -0.15) is 17.6 Å². The van der Waals surface area contributed by atoms with Gasteiger partial charge in [-0.25, -0.2) is 0 Å². The highest BCUT2D eigenvalue weighted by molar-refractivity contribution is 5.82. The molecule has 3 N–H and O–H groups in total. The molecule has 0 saturated heterocycles. The molecule has 0 aliphatic carbocycles. The summed E-state index contributed by atoms with van der Waals surface area (Å²) in [6.45, 7) is 0. The Morgan fingerprint density at radius 2 is 1.60 bits per heavy atom. The Kier molecular flexibility index (Phi) is 1.90. The fourth-order valence-corrected chi connectivity index (χ4v) is 0.140. The number of halogens is 4. The molecule has 0 spiro atoms. The number of amides is 1. The van der Waals surface area contributed by atoms with E-state index in [0.29, 0.717) is 0 Å². The third-order valence-electron chi connectivity index (χ3n) is 0.702. The molecule has 1 atom stereocenters. The van der Waals surface area contributed by atoms with Gasteiger partial charge in [0.15, 0.2) is 0 Å². The Morgan fingerprint density at radius 1 is 1.30 bits per heavy atom. The minimum absolute atomic E-state index is 2.47. The molecule has 0 radical (unpaired) electrons. The van der Waals surface area contributed by atoms with E-state index in [1.54, 1.807) is 0 Å². The lowest BCUT2D eigenvalue weighted by Gasteiger charge is -2.17. The third kappa shape index (κ3) is 1.35. The molecule has 0 fully saturated rings. The van der Waals surface area contributed by atoms with Crippen LogP contribution in [0.4, 0.5) is 17.6 Å². The number of rotatable bonds is 1. The Labute approximate surface area is 52.4 Å². The number of carbonyl (C=O) groups excluding carboxylic acids is 1. The number of carbonyl (C=O) groups is 1. The average Bonchev–Trinajstić information content (AvgIpc) is 1.62. The van der Waals surface area contributed by atoms with Crippen molar-refractivity contribution in [3.8, 4) is 0 Å². The van der Waals surface area contributed by atoms with E-state index < -0.39 is 17.9 Å². The van der Waals surface area contributed by atoms with Gasteiger partial charge in [-0.3, -0.25) is 4.79 Å². The van der Waals surface area contributed by atoms with E-state index in [1.807, 2.05) is 0 Å². The average molecular weight is 161 g/mol. The van der Waals surface area contributed by atoms with Gasteiger partial charge in [0.1, 0.15) is 0 Å². The van der Waals surface area contributed by atoms with Crippen molar-refractivity contribution in [2.75, 3.05) is 0 Å². The quantitative estimate of drug-likeness (QED) is 0.518. The lowest BCUT2D eigenvalue weighted by Crippen LogP contribution is -2.51. The Hall–Kier alpha value is -0.850. The van der Waals surface area contributed by atoms with Crippen LogP contribution in [-0.2, 0) is 4.79 Å². The van der Waals surface area contributed by atoms with Gasteiger partial charge >= 0.3 is 12.0 Å². The minimum Gasteiger partial charge on any atom is -0.364 e. The minimum atomic E-state index is -5.67. The molecule has 7 heteroatoms. The molecule has 0 heterocycles. The fraction of sp³-hybridized carbons (Fsp3) is 0.667. The third-order valence-corrected chi connectivity index (χ3v) is 0.702. The number of primary amides is 1. The molecule has 1 amide bonds. The zero-order valence-corrected chi connectivity index (χ0v) is 4.44. The lowest BCUT2D eigenvalue weighted by molar-refractivity contribution is -0.297. The van der Waals surface area contributed by atoms with E-state index in [9.17, 15) is 22.4 Å². The largest absolute Gasteiger partial charge is 0.458 e. The van der Waals surface area contributed by atoms with Gasteiger partial charge in [-0.05, 0) is 0 Å². The van der Waals surface area contributed by atoms with Crippen LogP contribution in [0.2, 0.25) is 0 Å². The zero-order valence-electron chi connectivity index (χ0n) is 4.44. The first-order chi connectivity index (χ1) is 4.19. The smallest absolute Gasteiger partial charge is 0.364 e. The van der Waals surface area contributed by atoms with Crippen LogP contribution in [0.15, 0.2) is 0 Å². The molecule has 0 aromatic heterocycles. The van der Waals surface area contributed by atoms with E-state index in [2.05, 4.69) is 5.73 Å². The molecule has 10 heavy (non-hydrogen) atoms. The van der Waals surface area contributed by atoms with Crippen LogP contribution < -0.4 is 5.73 Å². The molecule has 60 valence electrons. The van der Waals surface area contributed by atoms with Crippen molar-refractivity contribution in [1.82, 2.24) is 0 Å². The summed E-state index contributed by atoms with van der Waals surface area (Å²) in [6.07, 6.45) is -5.67. The summed E-state index contributed by atoms with van der Waals surface area (Å²) in [5, 5.41) is 7.66. The number of aliphatic hydroxyl groups is 1. The molecule has 0 aliphatic rings. The molecule has 0 aliphatic heterocycles. The highest BCUT2D eigenvalue weighted by Crippen LogP contribution is 2.30. The number of alkyl halides is 4. The second kappa shape index (κ2) is 2.08. The van der Waals surface area contributed by atoms with E-state index in [4.69, 9.17) is 5.11 Å². The van der Waals surface area contributed by atoms with Crippen molar-refractivity contribution in [2.24, 2.45) is 5.73 Å². The molecule has 0 aromatic carbocycles. The maximum atomic E-state index is 11.7. The Morgan fingerprint density at radius 3 is 1.60 bits per heavy atom. The van der Waals surface area contributed by atoms with Crippen LogP contribution >= 0.6 is 0 Å². The van der Waals surface area contributed by atoms with Gasteiger partial charge in [0.2, 0.25) is 0 Å². The highest BCUT2D eigenvalue weighted by atomic mass is 19.4. The predicted octanol–water partition coefficient (Wildman–Crippen LogP) is -0.308. The summed E-state index contributed by atoms with van der Waals surface area (Å²) in [5.74, 6) is -7.40. The first-order valence-electron chi connectivity index (χ1n) is 1.97. The first-order valence-corrected chi connectivity index (χ1v) is 1.97. The van der Waals surface area contributed by atoms with Crippen LogP contribution in [0.1, 0.15) is 0 Å². The SMILES string of the molecule is NC(=O)C(O)(F)C(F)(F)F. The Balaban J connectivity index is 4.57. The van der Waals surface area contributed by atoms with Crippen LogP contribution in [0, 0.1) is 0 Å². The zero-order chi connectivity index (χ0) is 8.58. The van der Waals surface area contributed by atoms with Crippen molar-refractivity contribution >= 4 is 5.91 Å². The molecule has 1 unspecified atom stereocenters. The molecule has 0 saturated carbocycles.